The summed E-state index contributed by atoms with van der Waals surface area (Å²) in [5, 5.41) is 5.23. The van der Waals surface area contributed by atoms with Gasteiger partial charge in [-0.2, -0.15) is 0 Å². The second-order valence-corrected chi connectivity index (χ2v) is 7.76. The standard InChI is InChI=1S/C16H25N3O5S/c1-6-9-17-15(20)11(2)18-16(21)12-7-8-13(24-5)14(10-12)25(22,23)19(3)4/h7-8,10-11H,6,9H2,1-5H3,(H,17,20)(H,18,21)/t11-/m0/s1. The van der Waals surface area contributed by atoms with E-state index in [0.717, 1.165) is 10.7 Å². The Morgan fingerprint density at radius 3 is 2.44 bits per heavy atom. The number of ether oxygens (including phenoxy) is 1. The van der Waals surface area contributed by atoms with Gasteiger partial charge >= 0.3 is 0 Å². The number of sulfonamides is 1. The van der Waals surface area contributed by atoms with Crippen LogP contribution >= 0.6 is 0 Å². The van der Waals surface area contributed by atoms with E-state index < -0.39 is 22.0 Å². The lowest BCUT2D eigenvalue weighted by Gasteiger charge is -2.17. The third-order valence-electron chi connectivity index (χ3n) is 3.47. The zero-order valence-electron chi connectivity index (χ0n) is 15.1. The molecule has 25 heavy (non-hydrogen) atoms. The molecule has 0 fully saturated rings. The zero-order valence-corrected chi connectivity index (χ0v) is 15.9. The summed E-state index contributed by atoms with van der Waals surface area (Å²) in [5.41, 5.74) is 0.122. The fourth-order valence-electron chi connectivity index (χ4n) is 1.96. The van der Waals surface area contributed by atoms with Crippen LogP contribution in [0, 0.1) is 0 Å². The van der Waals surface area contributed by atoms with Crippen LogP contribution in [0.2, 0.25) is 0 Å². The summed E-state index contributed by atoms with van der Waals surface area (Å²) in [6.07, 6.45) is 0.788. The Hall–Kier alpha value is -2.13. The van der Waals surface area contributed by atoms with Crippen molar-refractivity contribution in [2.45, 2.75) is 31.2 Å². The lowest BCUT2D eigenvalue weighted by atomic mass is 10.2. The highest BCUT2D eigenvalue weighted by Gasteiger charge is 2.24. The Morgan fingerprint density at radius 2 is 1.92 bits per heavy atom. The van der Waals surface area contributed by atoms with Crippen LogP contribution in [0.1, 0.15) is 30.6 Å². The normalized spacial score (nSPS) is 12.6. The highest BCUT2D eigenvalue weighted by Crippen LogP contribution is 2.26. The number of carbonyl (C=O) groups excluding carboxylic acids is 2. The van der Waals surface area contributed by atoms with Crippen molar-refractivity contribution < 1.29 is 22.7 Å². The molecule has 0 aliphatic heterocycles. The third-order valence-corrected chi connectivity index (χ3v) is 5.31. The maximum Gasteiger partial charge on any atom is 0.251 e. The molecular weight excluding hydrogens is 346 g/mol. The van der Waals surface area contributed by atoms with Crippen molar-refractivity contribution in [1.29, 1.82) is 0 Å². The van der Waals surface area contributed by atoms with Crippen molar-refractivity contribution in [3.63, 3.8) is 0 Å². The predicted octanol–water partition coefficient (Wildman–Crippen LogP) is 0.590. The summed E-state index contributed by atoms with van der Waals surface area (Å²) in [6, 6.07) is 3.35. The van der Waals surface area contributed by atoms with Crippen LogP contribution in [0.15, 0.2) is 23.1 Å². The van der Waals surface area contributed by atoms with Gasteiger partial charge in [0.25, 0.3) is 5.91 Å². The minimum Gasteiger partial charge on any atom is -0.495 e. The molecule has 2 amide bonds. The average molecular weight is 371 g/mol. The number of methoxy groups -OCH3 is 1. The van der Waals surface area contributed by atoms with E-state index in [-0.39, 0.29) is 22.1 Å². The van der Waals surface area contributed by atoms with Gasteiger partial charge in [-0.1, -0.05) is 6.92 Å². The van der Waals surface area contributed by atoms with Crippen LogP contribution in [-0.4, -0.2) is 58.3 Å². The van der Waals surface area contributed by atoms with Crippen molar-refractivity contribution in [3.05, 3.63) is 23.8 Å². The van der Waals surface area contributed by atoms with Gasteiger partial charge in [0.1, 0.15) is 16.7 Å². The molecule has 0 bridgehead atoms. The van der Waals surface area contributed by atoms with Crippen molar-refractivity contribution in [2.75, 3.05) is 27.7 Å². The van der Waals surface area contributed by atoms with E-state index in [0.29, 0.717) is 6.54 Å². The number of hydrogen-bond donors (Lipinski definition) is 2. The summed E-state index contributed by atoms with van der Waals surface area (Å²) in [6.45, 7) is 4.00. The van der Waals surface area contributed by atoms with Gasteiger partial charge in [0.05, 0.1) is 7.11 Å². The number of carbonyl (C=O) groups is 2. The smallest absolute Gasteiger partial charge is 0.251 e. The molecule has 0 aliphatic rings. The maximum atomic E-state index is 12.4. The number of rotatable bonds is 8. The summed E-state index contributed by atoms with van der Waals surface area (Å²) in [4.78, 5) is 24.1. The minimum atomic E-state index is -3.78. The molecular formula is C16H25N3O5S. The molecule has 8 nitrogen and oxygen atoms in total. The van der Waals surface area contributed by atoms with Crippen molar-refractivity contribution in [2.24, 2.45) is 0 Å². The second kappa shape index (κ2) is 8.82. The first-order chi connectivity index (χ1) is 11.6. The molecule has 0 saturated heterocycles. The SMILES string of the molecule is CCCNC(=O)[C@H](C)NC(=O)c1ccc(OC)c(S(=O)(=O)N(C)C)c1. The van der Waals surface area contributed by atoms with Crippen molar-refractivity contribution in [1.82, 2.24) is 14.9 Å². The van der Waals surface area contributed by atoms with E-state index in [9.17, 15) is 18.0 Å². The van der Waals surface area contributed by atoms with Gasteiger partial charge in [-0.3, -0.25) is 9.59 Å². The molecule has 1 aromatic rings. The van der Waals surface area contributed by atoms with Gasteiger partial charge in [-0.15, -0.1) is 0 Å². The van der Waals surface area contributed by atoms with Crippen LogP contribution in [0.4, 0.5) is 0 Å². The molecule has 0 saturated carbocycles. The van der Waals surface area contributed by atoms with Crippen molar-refractivity contribution in [3.8, 4) is 5.75 Å². The first-order valence-electron chi connectivity index (χ1n) is 7.84. The van der Waals surface area contributed by atoms with E-state index in [1.807, 2.05) is 6.92 Å². The van der Waals surface area contributed by atoms with Gasteiger partial charge in [0.2, 0.25) is 15.9 Å². The molecule has 1 aromatic carbocycles. The van der Waals surface area contributed by atoms with Gasteiger partial charge in [0.15, 0.2) is 0 Å². The van der Waals surface area contributed by atoms with E-state index in [1.54, 1.807) is 6.92 Å². The molecule has 0 heterocycles. The van der Waals surface area contributed by atoms with Crippen molar-refractivity contribution >= 4 is 21.8 Å². The lowest BCUT2D eigenvalue weighted by molar-refractivity contribution is -0.122. The molecule has 0 unspecified atom stereocenters. The molecule has 2 N–H and O–H groups in total. The number of benzene rings is 1. The first-order valence-corrected chi connectivity index (χ1v) is 9.28. The van der Waals surface area contributed by atoms with E-state index in [4.69, 9.17) is 4.74 Å². The number of amides is 2. The Morgan fingerprint density at radius 1 is 1.28 bits per heavy atom. The Bertz CT molecular complexity index is 731. The summed E-state index contributed by atoms with van der Waals surface area (Å²) >= 11 is 0. The number of nitrogens with one attached hydrogen (secondary N) is 2. The largest absolute Gasteiger partial charge is 0.495 e. The summed E-state index contributed by atoms with van der Waals surface area (Å²) in [5.74, 6) is -0.708. The summed E-state index contributed by atoms with van der Waals surface area (Å²) < 4.78 is 30.9. The average Bonchev–Trinajstić information content (AvgIpc) is 2.58. The Labute approximate surface area is 148 Å². The van der Waals surface area contributed by atoms with Crippen LogP contribution in [0.5, 0.6) is 5.75 Å². The first kappa shape index (κ1) is 20.9. The number of nitrogens with zero attached hydrogens (tertiary/aromatic N) is 1. The topological polar surface area (TPSA) is 105 Å². The van der Waals surface area contributed by atoms with Crippen LogP contribution in [0.3, 0.4) is 0 Å². The molecule has 0 radical (unpaired) electrons. The molecule has 9 heteroatoms. The van der Waals surface area contributed by atoms with Gasteiger partial charge in [-0.05, 0) is 31.5 Å². The maximum absolute atomic E-state index is 12.4. The second-order valence-electron chi connectivity index (χ2n) is 5.64. The van der Waals surface area contributed by atoms with Gasteiger partial charge in [-0.25, -0.2) is 12.7 Å². The molecule has 0 aliphatic carbocycles. The highest BCUT2D eigenvalue weighted by molar-refractivity contribution is 7.89. The highest BCUT2D eigenvalue weighted by atomic mass is 32.2. The van der Waals surface area contributed by atoms with Crippen LogP contribution in [0.25, 0.3) is 0 Å². The van der Waals surface area contributed by atoms with Gasteiger partial charge in [0, 0.05) is 26.2 Å². The number of hydrogen-bond acceptors (Lipinski definition) is 5. The quantitative estimate of drug-likeness (QED) is 0.696. The monoisotopic (exact) mass is 371 g/mol. The molecule has 140 valence electrons. The lowest BCUT2D eigenvalue weighted by Crippen LogP contribution is -2.45. The summed E-state index contributed by atoms with van der Waals surface area (Å²) in [7, 11) is 0.349. The van der Waals surface area contributed by atoms with Crippen LogP contribution in [-0.2, 0) is 14.8 Å². The van der Waals surface area contributed by atoms with E-state index in [2.05, 4.69) is 10.6 Å². The Kier molecular flexibility index (Phi) is 7.38. The molecule has 1 rings (SSSR count). The fraction of sp³-hybridized carbons (Fsp3) is 0.500. The van der Waals surface area contributed by atoms with E-state index in [1.165, 1.54) is 39.4 Å². The van der Waals surface area contributed by atoms with Crippen LogP contribution < -0.4 is 15.4 Å². The molecule has 1 atom stereocenters. The fourth-order valence-corrected chi connectivity index (χ4v) is 3.04. The zero-order chi connectivity index (χ0) is 19.2. The predicted molar refractivity (Wildman–Crippen MR) is 94.1 cm³/mol. The molecule has 0 spiro atoms. The Balaban J connectivity index is 3.07. The third kappa shape index (κ3) is 5.17. The molecule has 0 aromatic heterocycles. The van der Waals surface area contributed by atoms with E-state index >= 15 is 0 Å². The van der Waals surface area contributed by atoms with Gasteiger partial charge < -0.3 is 15.4 Å². The minimum absolute atomic E-state index is 0.115.